The highest BCUT2D eigenvalue weighted by Crippen LogP contribution is 2.38. The van der Waals surface area contributed by atoms with Crippen molar-refractivity contribution >= 4 is 27.3 Å². The Morgan fingerprint density at radius 3 is 2.32 bits per heavy atom. The number of methoxy groups -OCH3 is 3. The zero-order valence-electron chi connectivity index (χ0n) is 21.7. The maximum absolute atomic E-state index is 13.7. The Balaban J connectivity index is 1.81. The van der Waals surface area contributed by atoms with Crippen molar-refractivity contribution in [2.24, 2.45) is 0 Å². The summed E-state index contributed by atoms with van der Waals surface area (Å²) in [6, 6.07) is 5.25. The number of hydrogen-bond donors (Lipinski definition) is 1. The number of rotatable bonds is 12. The van der Waals surface area contributed by atoms with Gasteiger partial charge in [0.05, 0.1) is 19.5 Å². The summed E-state index contributed by atoms with van der Waals surface area (Å²) in [5.74, 6) is 1.57. The maximum atomic E-state index is 13.7. The lowest BCUT2D eigenvalue weighted by atomic mass is 10.2. The quantitative estimate of drug-likeness (QED) is 0.275. The second kappa shape index (κ2) is 11.8. The molecule has 1 atom stereocenters. The smallest absolute Gasteiger partial charge is 0.243 e. The van der Waals surface area contributed by atoms with E-state index in [0.29, 0.717) is 33.8 Å². The van der Waals surface area contributed by atoms with E-state index in [4.69, 9.17) is 14.2 Å². The van der Waals surface area contributed by atoms with E-state index >= 15 is 0 Å². The molecule has 38 heavy (non-hydrogen) atoms. The number of ether oxygens (including phenoxy) is 3. The lowest BCUT2D eigenvalue weighted by Crippen LogP contribution is -2.32. The van der Waals surface area contributed by atoms with E-state index in [9.17, 15) is 8.42 Å². The summed E-state index contributed by atoms with van der Waals surface area (Å²) in [5, 5.41) is 10.0. The first-order chi connectivity index (χ1) is 18.3. The van der Waals surface area contributed by atoms with Gasteiger partial charge in [-0.25, -0.2) is 23.4 Å². The molecule has 4 rings (SSSR count). The van der Waals surface area contributed by atoms with Crippen LogP contribution in [0.3, 0.4) is 0 Å². The zero-order chi connectivity index (χ0) is 27.3. The fraction of sp³-hybridized carbons (Fsp3) is 0.375. The van der Waals surface area contributed by atoms with Crippen molar-refractivity contribution in [1.82, 2.24) is 29.7 Å². The lowest BCUT2D eigenvalue weighted by Gasteiger charge is -2.20. The molecule has 14 heteroatoms. The highest BCUT2D eigenvalue weighted by Gasteiger charge is 2.31. The van der Waals surface area contributed by atoms with Gasteiger partial charge in [0.2, 0.25) is 16.0 Å². The molecular weight excluding hydrogens is 530 g/mol. The van der Waals surface area contributed by atoms with Crippen molar-refractivity contribution in [2.45, 2.75) is 31.9 Å². The van der Waals surface area contributed by atoms with Crippen LogP contribution >= 0.6 is 11.3 Å². The van der Waals surface area contributed by atoms with Crippen LogP contribution in [0.2, 0.25) is 0 Å². The molecule has 4 aromatic rings. The zero-order valence-corrected chi connectivity index (χ0v) is 23.3. The van der Waals surface area contributed by atoms with E-state index in [-0.39, 0.29) is 25.4 Å². The summed E-state index contributed by atoms with van der Waals surface area (Å²) in [7, 11) is 0.531. The van der Waals surface area contributed by atoms with Gasteiger partial charge in [-0.15, -0.1) is 21.5 Å². The molecule has 3 heterocycles. The molecule has 0 saturated heterocycles. The Morgan fingerprint density at radius 1 is 1.05 bits per heavy atom. The molecule has 0 saturated carbocycles. The molecular formula is C24H29N7O5S2. The molecule has 0 aliphatic heterocycles. The van der Waals surface area contributed by atoms with Crippen LogP contribution in [0.4, 0.5) is 5.95 Å². The molecule has 1 N–H and O–H groups in total. The number of aromatic nitrogens is 6. The van der Waals surface area contributed by atoms with Gasteiger partial charge in [-0.2, -0.15) is 0 Å². The van der Waals surface area contributed by atoms with Crippen LogP contribution in [0.1, 0.15) is 23.5 Å². The molecule has 0 bridgehead atoms. The van der Waals surface area contributed by atoms with Crippen molar-refractivity contribution < 1.29 is 22.6 Å². The van der Waals surface area contributed by atoms with Crippen molar-refractivity contribution in [1.29, 1.82) is 0 Å². The van der Waals surface area contributed by atoms with Gasteiger partial charge in [-0.05, 0) is 38.0 Å². The van der Waals surface area contributed by atoms with Gasteiger partial charge >= 0.3 is 0 Å². The molecule has 202 valence electrons. The summed E-state index contributed by atoms with van der Waals surface area (Å²) in [5.41, 5.74) is 2.11. The van der Waals surface area contributed by atoms with E-state index in [1.165, 1.54) is 32.7 Å². The molecule has 1 aromatic carbocycles. The molecule has 0 radical (unpaired) electrons. The number of sulfonamides is 1. The number of benzene rings is 1. The monoisotopic (exact) mass is 559 g/mol. The van der Waals surface area contributed by atoms with Crippen LogP contribution in [0.5, 0.6) is 11.5 Å². The van der Waals surface area contributed by atoms with Crippen LogP contribution in [-0.2, 0) is 21.2 Å². The van der Waals surface area contributed by atoms with Crippen molar-refractivity contribution in [3.63, 3.8) is 0 Å². The Morgan fingerprint density at radius 2 is 1.74 bits per heavy atom. The first kappa shape index (κ1) is 27.4. The van der Waals surface area contributed by atoms with Gasteiger partial charge in [0.25, 0.3) is 0 Å². The van der Waals surface area contributed by atoms with Gasteiger partial charge in [-0.3, -0.25) is 9.29 Å². The Kier molecular flexibility index (Phi) is 8.54. The Labute approximate surface area is 225 Å². The molecule has 0 aliphatic rings. The summed E-state index contributed by atoms with van der Waals surface area (Å²) in [4.78, 5) is 13.1. The van der Waals surface area contributed by atoms with Crippen molar-refractivity contribution in [3.05, 3.63) is 53.1 Å². The highest BCUT2D eigenvalue weighted by molar-refractivity contribution is 7.93. The third-order valence-electron chi connectivity index (χ3n) is 5.66. The first-order valence-corrected chi connectivity index (χ1v) is 14.1. The van der Waals surface area contributed by atoms with Gasteiger partial charge in [0.1, 0.15) is 23.0 Å². The largest absolute Gasteiger partial charge is 0.494 e. The van der Waals surface area contributed by atoms with Gasteiger partial charge in [-0.1, -0.05) is 6.07 Å². The Hall–Kier alpha value is -3.62. The second-order valence-electron chi connectivity index (χ2n) is 8.42. The normalized spacial score (nSPS) is 12.3. The summed E-state index contributed by atoms with van der Waals surface area (Å²) < 4.78 is 48.1. The average molecular weight is 560 g/mol. The number of thiazole rings is 1. The predicted molar refractivity (Wildman–Crippen MR) is 144 cm³/mol. The minimum Gasteiger partial charge on any atom is -0.494 e. The number of nitrogens with one attached hydrogen (secondary N) is 1. The number of anilines is 1. The van der Waals surface area contributed by atoms with E-state index in [1.807, 2.05) is 19.2 Å². The van der Waals surface area contributed by atoms with E-state index in [2.05, 4.69) is 29.9 Å². The summed E-state index contributed by atoms with van der Waals surface area (Å²) in [6.07, 6.45) is 3.61. The van der Waals surface area contributed by atoms with Crippen LogP contribution in [0.25, 0.3) is 16.5 Å². The molecule has 0 amide bonds. The van der Waals surface area contributed by atoms with Gasteiger partial charge in [0, 0.05) is 43.6 Å². The molecule has 0 aliphatic carbocycles. The fourth-order valence-corrected chi connectivity index (χ4v) is 5.86. The SMILES string of the molecule is COCC[C@@H](Cc1ncc(C)cn1)S(=O)(=O)Nc1nnc(-c2nc(C)cs2)n1-c1c(OC)cccc1OC. The van der Waals surface area contributed by atoms with Crippen LogP contribution < -0.4 is 14.2 Å². The number of nitrogens with zero attached hydrogens (tertiary/aromatic N) is 6. The molecule has 0 spiro atoms. The van der Waals surface area contributed by atoms with Crippen LogP contribution in [0, 0.1) is 13.8 Å². The van der Waals surface area contributed by atoms with Gasteiger partial charge < -0.3 is 14.2 Å². The standard InChI is InChI=1S/C24H29N7O5S2/c1-15-12-25-20(26-13-15)11-17(9-10-34-3)38(32,33)30-24-29-28-22(23-27-16(2)14-37-23)31(24)21-18(35-4)7-6-8-19(21)36-5/h6-8,12-14,17H,9-11H2,1-5H3,(H,29,30)/t17-/m0/s1. The average Bonchev–Trinajstić information content (AvgIpc) is 3.52. The highest BCUT2D eigenvalue weighted by atomic mass is 32.2. The van der Waals surface area contributed by atoms with Crippen molar-refractivity contribution in [2.75, 3.05) is 32.7 Å². The Bertz CT molecular complexity index is 1460. The maximum Gasteiger partial charge on any atom is 0.243 e. The van der Waals surface area contributed by atoms with Crippen molar-refractivity contribution in [3.8, 4) is 28.0 Å². The molecule has 12 nitrogen and oxygen atoms in total. The number of hydrogen-bond acceptors (Lipinski definition) is 11. The van der Waals surface area contributed by atoms with E-state index in [1.54, 1.807) is 35.2 Å². The fourth-order valence-electron chi connectivity index (χ4n) is 3.76. The molecule has 0 fully saturated rings. The topological polar surface area (TPSA) is 143 Å². The van der Waals surface area contributed by atoms with Crippen LogP contribution in [-0.4, -0.2) is 71.3 Å². The minimum absolute atomic E-state index is 0.0390. The number of para-hydroxylation sites is 1. The summed E-state index contributed by atoms with van der Waals surface area (Å²) >= 11 is 1.36. The van der Waals surface area contributed by atoms with Gasteiger partial charge in [0.15, 0.2) is 10.8 Å². The second-order valence-corrected chi connectivity index (χ2v) is 11.2. The third-order valence-corrected chi connectivity index (χ3v) is 8.36. The minimum atomic E-state index is -4.02. The summed E-state index contributed by atoms with van der Waals surface area (Å²) in [6.45, 7) is 3.96. The molecule has 0 unspecified atom stereocenters. The first-order valence-electron chi connectivity index (χ1n) is 11.6. The molecule has 3 aromatic heterocycles. The predicted octanol–water partition coefficient (Wildman–Crippen LogP) is 3.20. The lowest BCUT2D eigenvalue weighted by molar-refractivity contribution is 0.193. The number of aryl methyl sites for hydroxylation is 2. The van der Waals surface area contributed by atoms with E-state index < -0.39 is 15.3 Å². The third kappa shape index (κ3) is 5.92. The van der Waals surface area contributed by atoms with E-state index in [0.717, 1.165) is 11.3 Å². The van der Waals surface area contributed by atoms with Crippen LogP contribution in [0.15, 0.2) is 36.0 Å².